The van der Waals surface area contributed by atoms with Crippen molar-refractivity contribution in [3.8, 4) is 0 Å². The van der Waals surface area contributed by atoms with Gasteiger partial charge in [0, 0.05) is 32.4 Å². The van der Waals surface area contributed by atoms with Gasteiger partial charge in [-0.2, -0.15) is 5.10 Å². The summed E-state index contributed by atoms with van der Waals surface area (Å²) < 4.78 is 1.60. The number of amides is 1. The van der Waals surface area contributed by atoms with Gasteiger partial charge in [-0.05, 0) is 38.8 Å². The van der Waals surface area contributed by atoms with Crippen molar-refractivity contribution in [1.29, 1.82) is 0 Å². The van der Waals surface area contributed by atoms with Crippen LogP contribution in [0.15, 0.2) is 6.20 Å². The smallest absolute Gasteiger partial charge is 0.276 e. The Morgan fingerprint density at radius 1 is 1.30 bits per heavy atom. The van der Waals surface area contributed by atoms with Gasteiger partial charge in [-0.25, -0.2) is 0 Å². The van der Waals surface area contributed by atoms with Crippen molar-refractivity contribution in [2.75, 3.05) is 31.9 Å². The molecular weight excluding hydrogens is 254 g/mol. The van der Waals surface area contributed by atoms with Gasteiger partial charge in [0.2, 0.25) is 0 Å². The molecule has 1 unspecified atom stereocenters. The van der Waals surface area contributed by atoms with E-state index in [2.05, 4.69) is 10.00 Å². The predicted molar refractivity (Wildman–Crippen MR) is 77.4 cm³/mol. The average Bonchev–Trinajstić information content (AvgIpc) is 3.08. The van der Waals surface area contributed by atoms with Crippen molar-refractivity contribution in [2.24, 2.45) is 7.05 Å². The number of piperidine rings is 1. The average molecular weight is 277 g/mol. The van der Waals surface area contributed by atoms with Crippen molar-refractivity contribution in [2.45, 2.75) is 31.7 Å². The molecule has 3 rings (SSSR count). The third kappa shape index (κ3) is 2.52. The Balaban J connectivity index is 1.70. The second kappa shape index (κ2) is 5.44. The molecular formula is C14H23N5O. The molecule has 0 saturated carbocycles. The molecule has 20 heavy (non-hydrogen) atoms. The van der Waals surface area contributed by atoms with Gasteiger partial charge in [-0.15, -0.1) is 0 Å². The molecule has 1 aromatic heterocycles. The number of likely N-dealkylation sites (tertiary alicyclic amines) is 2. The SMILES string of the molecule is Cn1cc(N)c(C(=O)N2CCCC(N3CCCC3)C2)n1. The number of carbonyl (C=O) groups is 1. The van der Waals surface area contributed by atoms with E-state index in [4.69, 9.17) is 5.73 Å². The topological polar surface area (TPSA) is 67.4 Å². The van der Waals surface area contributed by atoms with E-state index in [1.54, 1.807) is 17.9 Å². The van der Waals surface area contributed by atoms with E-state index < -0.39 is 0 Å². The molecule has 0 spiro atoms. The molecule has 2 aliphatic rings. The first-order chi connectivity index (χ1) is 9.65. The van der Waals surface area contributed by atoms with Crippen LogP contribution in [0.4, 0.5) is 5.69 Å². The summed E-state index contributed by atoms with van der Waals surface area (Å²) in [5.74, 6) is -0.0213. The summed E-state index contributed by atoms with van der Waals surface area (Å²) >= 11 is 0. The second-order valence-corrected chi connectivity index (χ2v) is 5.90. The third-order valence-corrected chi connectivity index (χ3v) is 4.40. The number of nitrogens with two attached hydrogens (primary N) is 1. The number of carbonyl (C=O) groups excluding carboxylic acids is 1. The summed E-state index contributed by atoms with van der Waals surface area (Å²) in [5, 5.41) is 4.19. The number of aromatic nitrogens is 2. The van der Waals surface area contributed by atoms with Crippen LogP contribution in [0.2, 0.25) is 0 Å². The van der Waals surface area contributed by atoms with Crippen LogP contribution in [0.3, 0.4) is 0 Å². The number of rotatable bonds is 2. The molecule has 6 heteroatoms. The maximum Gasteiger partial charge on any atom is 0.276 e. The van der Waals surface area contributed by atoms with E-state index in [1.165, 1.54) is 32.4 Å². The van der Waals surface area contributed by atoms with Crippen molar-refractivity contribution < 1.29 is 4.79 Å². The van der Waals surface area contributed by atoms with Crippen molar-refractivity contribution in [3.63, 3.8) is 0 Å². The Bertz CT molecular complexity index is 492. The fourth-order valence-corrected chi connectivity index (χ4v) is 3.37. The summed E-state index contributed by atoms with van der Waals surface area (Å²) in [6, 6.07) is 0.514. The van der Waals surface area contributed by atoms with Crippen molar-refractivity contribution in [3.05, 3.63) is 11.9 Å². The zero-order chi connectivity index (χ0) is 14.1. The Kier molecular flexibility index (Phi) is 3.65. The number of hydrogen-bond donors (Lipinski definition) is 1. The van der Waals surface area contributed by atoms with E-state index in [0.717, 1.165) is 19.5 Å². The largest absolute Gasteiger partial charge is 0.396 e. The molecule has 0 bridgehead atoms. The van der Waals surface area contributed by atoms with Crippen LogP contribution >= 0.6 is 0 Å². The van der Waals surface area contributed by atoms with Crippen LogP contribution in [-0.4, -0.2) is 57.7 Å². The van der Waals surface area contributed by atoms with Crippen LogP contribution in [0.25, 0.3) is 0 Å². The van der Waals surface area contributed by atoms with Gasteiger partial charge in [0.1, 0.15) is 0 Å². The Hall–Kier alpha value is -1.56. The lowest BCUT2D eigenvalue weighted by atomic mass is 10.0. The molecule has 1 aromatic rings. The third-order valence-electron chi connectivity index (χ3n) is 4.40. The summed E-state index contributed by atoms with van der Waals surface area (Å²) in [6.45, 7) is 3.99. The van der Waals surface area contributed by atoms with Gasteiger partial charge in [-0.3, -0.25) is 14.4 Å². The molecule has 1 atom stereocenters. The lowest BCUT2D eigenvalue weighted by molar-refractivity contribution is 0.0602. The first-order valence-corrected chi connectivity index (χ1v) is 7.47. The number of anilines is 1. The molecule has 3 heterocycles. The van der Waals surface area contributed by atoms with E-state index in [-0.39, 0.29) is 5.91 Å². The lowest BCUT2D eigenvalue weighted by Crippen LogP contribution is -2.49. The zero-order valence-electron chi connectivity index (χ0n) is 12.1. The van der Waals surface area contributed by atoms with E-state index >= 15 is 0 Å². The first kappa shape index (κ1) is 13.4. The fourth-order valence-electron chi connectivity index (χ4n) is 3.37. The highest BCUT2D eigenvalue weighted by molar-refractivity contribution is 5.97. The second-order valence-electron chi connectivity index (χ2n) is 5.90. The number of nitrogen functional groups attached to an aromatic ring is 1. The number of hydrogen-bond acceptors (Lipinski definition) is 4. The van der Waals surface area contributed by atoms with E-state index in [9.17, 15) is 4.79 Å². The Labute approximate surface area is 119 Å². The predicted octanol–water partition coefficient (Wildman–Crippen LogP) is 0.703. The lowest BCUT2D eigenvalue weighted by Gasteiger charge is -2.37. The van der Waals surface area contributed by atoms with E-state index in [0.29, 0.717) is 17.4 Å². The highest BCUT2D eigenvalue weighted by Crippen LogP contribution is 2.22. The zero-order valence-corrected chi connectivity index (χ0v) is 12.1. The highest BCUT2D eigenvalue weighted by atomic mass is 16.2. The summed E-state index contributed by atoms with van der Waals surface area (Å²) in [6.07, 6.45) is 6.53. The molecule has 1 amide bonds. The molecule has 2 N–H and O–H groups in total. The van der Waals surface area contributed by atoms with Gasteiger partial charge in [0.05, 0.1) is 5.69 Å². The van der Waals surface area contributed by atoms with Crippen LogP contribution in [0.1, 0.15) is 36.2 Å². The number of aryl methyl sites for hydroxylation is 1. The van der Waals surface area contributed by atoms with Gasteiger partial charge in [0.15, 0.2) is 5.69 Å². The monoisotopic (exact) mass is 277 g/mol. The first-order valence-electron chi connectivity index (χ1n) is 7.47. The minimum absolute atomic E-state index is 0.0213. The molecule has 110 valence electrons. The van der Waals surface area contributed by atoms with Crippen molar-refractivity contribution in [1.82, 2.24) is 19.6 Å². The molecule has 2 aliphatic heterocycles. The van der Waals surface area contributed by atoms with Gasteiger partial charge < -0.3 is 10.6 Å². The molecule has 6 nitrogen and oxygen atoms in total. The van der Waals surface area contributed by atoms with Crippen LogP contribution in [-0.2, 0) is 7.05 Å². The van der Waals surface area contributed by atoms with Crippen LogP contribution in [0, 0.1) is 0 Å². The van der Waals surface area contributed by atoms with Crippen LogP contribution in [0.5, 0.6) is 0 Å². The molecule has 0 aromatic carbocycles. The highest BCUT2D eigenvalue weighted by Gasteiger charge is 2.31. The van der Waals surface area contributed by atoms with Gasteiger partial charge >= 0.3 is 0 Å². The normalized spacial score (nSPS) is 24.2. The van der Waals surface area contributed by atoms with Gasteiger partial charge in [-0.1, -0.05) is 0 Å². The quantitative estimate of drug-likeness (QED) is 0.864. The number of nitrogens with zero attached hydrogens (tertiary/aromatic N) is 4. The van der Waals surface area contributed by atoms with E-state index in [1.807, 2.05) is 4.90 Å². The minimum atomic E-state index is -0.0213. The fraction of sp³-hybridized carbons (Fsp3) is 0.714. The molecule has 0 aliphatic carbocycles. The molecule has 0 radical (unpaired) electrons. The Morgan fingerprint density at radius 2 is 2.05 bits per heavy atom. The van der Waals surface area contributed by atoms with Crippen LogP contribution < -0.4 is 5.73 Å². The maximum absolute atomic E-state index is 12.5. The minimum Gasteiger partial charge on any atom is -0.396 e. The summed E-state index contributed by atoms with van der Waals surface area (Å²) in [5.41, 5.74) is 6.74. The molecule has 2 fully saturated rings. The Morgan fingerprint density at radius 3 is 2.70 bits per heavy atom. The molecule has 2 saturated heterocycles. The summed E-state index contributed by atoms with van der Waals surface area (Å²) in [7, 11) is 1.79. The summed E-state index contributed by atoms with van der Waals surface area (Å²) in [4.78, 5) is 17.0. The standard InChI is InChI=1S/C14H23N5O/c1-17-10-12(15)13(16-17)14(20)19-8-4-5-11(9-19)18-6-2-3-7-18/h10-11H,2-9,15H2,1H3. The maximum atomic E-state index is 12.5. The van der Waals surface area contributed by atoms with Crippen molar-refractivity contribution >= 4 is 11.6 Å². The van der Waals surface area contributed by atoms with Gasteiger partial charge in [0.25, 0.3) is 5.91 Å².